The lowest BCUT2D eigenvalue weighted by atomic mass is 10.1. The first-order chi connectivity index (χ1) is 15.0. The molecule has 3 rings (SSSR count). The van der Waals surface area contributed by atoms with Crippen molar-refractivity contribution in [2.45, 2.75) is 31.0 Å². The summed E-state index contributed by atoms with van der Waals surface area (Å²) in [6, 6.07) is 7.45. The molecule has 2 unspecified atom stereocenters. The maximum atomic E-state index is 13.9. The third-order valence-corrected chi connectivity index (χ3v) is 7.21. The summed E-state index contributed by atoms with van der Waals surface area (Å²) in [4.78, 5) is 24.3. The summed E-state index contributed by atoms with van der Waals surface area (Å²) in [6.07, 6.45) is -0.571. The molecule has 1 aliphatic rings. The lowest BCUT2D eigenvalue weighted by Crippen LogP contribution is -2.48. The van der Waals surface area contributed by atoms with E-state index in [9.17, 15) is 22.4 Å². The number of carbonyl (C=O) groups excluding carboxylic acids is 2. The van der Waals surface area contributed by atoms with Gasteiger partial charge in [0.25, 0.3) is 11.8 Å². The van der Waals surface area contributed by atoms with Gasteiger partial charge in [-0.05, 0) is 50.2 Å². The highest BCUT2D eigenvalue weighted by atomic mass is 35.5. The predicted octanol–water partition coefficient (Wildman–Crippen LogP) is 2.89. The molecule has 0 bridgehead atoms. The molecule has 0 aromatic heterocycles. The average molecular weight is 484 g/mol. The van der Waals surface area contributed by atoms with Crippen LogP contribution in [-0.4, -0.2) is 56.9 Å². The number of ether oxygens (including phenoxy) is 1. The van der Waals surface area contributed by atoms with E-state index in [0.717, 1.165) is 6.07 Å². The predicted molar refractivity (Wildman–Crippen MR) is 118 cm³/mol. The van der Waals surface area contributed by atoms with Gasteiger partial charge in [0, 0.05) is 31.4 Å². The Morgan fingerprint density at radius 3 is 2.38 bits per heavy atom. The van der Waals surface area contributed by atoms with Gasteiger partial charge in [0.2, 0.25) is 10.0 Å². The Kier molecular flexibility index (Phi) is 7.19. The molecule has 0 spiro atoms. The molecule has 1 heterocycles. The number of anilines is 1. The number of nitrogens with one attached hydrogen (secondary N) is 2. The van der Waals surface area contributed by atoms with Crippen LogP contribution in [0, 0.1) is 5.82 Å². The normalized spacial score (nSPS) is 19.4. The van der Waals surface area contributed by atoms with Gasteiger partial charge in [-0.25, -0.2) is 12.8 Å². The third kappa shape index (κ3) is 5.09. The highest BCUT2D eigenvalue weighted by Gasteiger charge is 2.34. The minimum Gasteiger partial charge on any atom is -0.373 e. The number of hydrogen-bond acceptors (Lipinski definition) is 5. The van der Waals surface area contributed by atoms with Crippen LogP contribution in [0.5, 0.6) is 0 Å². The first-order valence-electron chi connectivity index (χ1n) is 9.81. The third-order valence-electron chi connectivity index (χ3n) is 4.89. The maximum Gasteiger partial charge on any atom is 0.255 e. The van der Waals surface area contributed by atoms with E-state index in [2.05, 4.69) is 10.6 Å². The summed E-state index contributed by atoms with van der Waals surface area (Å²) < 4.78 is 47.1. The molecular formula is C21H23ClFN3O5S. The van der Waals surface area contributed by atoms with Gasteiger partial charge in [0.1, 0.15) is 10.7 Å². The van der Waals surface area contributed by atoms with Gasteiger partial charge in [-0.3, -0.25) is 9.59 Å². The molecule has 2 atom stereocenters. The zero-order chi connectivity index (χ0) is 23.6. The smallest absolute Gasteiger partial charge is 0.255 e. The Balaban J connectivity index is 1.88. The molecular weight excluding hydrogens is 461 g/mol. The van der Waals surface area contributed by atoms with Gasteiger partial charge in [0.05, 0.1) is 22.8 Å². The fourth-order valence-electron chi connectivity index (χ4n) is 3.42. The lowest BCUT2D eigenvalue weighted by Gasteiger charge is -2.34. The van der Waals surface area contributed by atoms with Crippen LogP contribution in [0.3, 0.4) is 0 Å². The fourth-order valence-corrected chi connectivity index (χ4v) is 5.51. The van der Waals surface area contributed by atoms with E-state index in [1.807, 2.05) is 0 Å². The molecule has 0 saturated carbocycles. The highest BCUT2D eigenvalue weighted by Crippen LogP contribution is 2.28. The number of morpholine rings is 1. The van der Waals surface area contributed by atoms with Crippen molar-refractivity contribution in [2.24, 2.45) is 0 Å². The monoisotopic (exact) mass is 483 g/mol. The number of rotatable bonds is 5. The zero-order valence-corrected chi connectivity index (χ0v) is 19.3. The Bertz CT molecular complexity index is 1150. The van der Waals surface area contributed by atoms with Crippen LogP contribution in [0.25, 0.3) is 0 Å². The zero-order valence-electron chi connectivity index (χ0n) is 17.7. The van der Waals surface area contributed by atoms with Crippen molar-refractivity contribution < 1.29 is 27.1 Å². The number of halogens is 2. The summed E-state index contributed by atoms with van der Waals surface area (Å²) in [5.74, 6) is -2.03. The van der Waals surface area contributed by atoms with Crippen LogP contribution in [0.2, 0.25) is 5.02 Å². The SMILES string of the molecule is CNC(=O)c1cc(NC(=O)c2ccc(Cl)c(S(=O)(=O)N3CC(C)OC(C)C3)c2)ccc1F. The molecule has 8 nitrogen and oxygen atoms in total. The van der Waals surface area contributed by atoms with Crippen LogP contribution >= 0.6 is 11.6 Å². The van der Waals surface area contributed by atoms with Crippen molar-refractivity contribution >= 4 is 39.1 Å². The van der Waals surface area contributed by atoms with Crippen molar-refractivity contribution in [1.82, 2.24) is 9.62 Å². The van der Waals surface area contributed by atoms with Crippen molar-refractivity contribution in [3.05, 3.63) is 58.4 Å². The van der Waals surface area contributed by atoms with Gasteiger partial charge < -0.3 is 15.4 Å². The molecule has 1 aliphatic heterocycles. The molecule has 0 radical (unpaired) electrons. The fraction of sp³-hybridized carbons (Fsp3) is 0.333. The van der Waals surface area contributed by atoms with Gasteiger partial charge in [-0.15, -0.1) is 0 Å². The largest absolute Gasteiger partial charge is 0.373 e. The maximum absolute atomic E-state index is 13.9. The second-order valence-corrected chi connectivity index (χ2v) is 9.77. The van der Waals surface area contributed by atoms with Crippen LogP contribution in [0.15, 0.2) is 41.3 Å². The Hall–Kier alpha value is -2.53. The highest BCUT2D eigenvalue weighted by molar-refractivity contribution is 7.89. The van der Waals surface area contributed by atoms with Crippen LogP contribution < -0.4 is 10.6 Å². The van der Waals surface area contributed by atoms with Crippen molar-refractivity contribution in [1.29, 1.82) is 0 Å². The summed E-state index contributed by atoms with van der Waals surface area (Å²) in [7, 11) is -2.62. The second-order valence-electron chi connectivity index (χ2n) is 7.45. The summed E-state index contributed by atoms with van der Waals surface area (Å²) >= 11 is 6.17. The standard InChI is InChI=1S/C21H23ClFN3O5S/c1-12-10-26(11-13(2)31-12)32(29,30)19-8-14(4-6-17(19)22)20(27)25-15-5-7-18(23)16(9-15)21(28)24-3/h4-9,12-13H,10-11H2,1-3H3,(H,24,28)(H,25,27). The van der Waals surface area contributed by atoms with Crippen molar-refractivity contribution in [3.8, 4) is 0 Å². The second kappa shape index (κ2) is 9.53. The number of carbonyl (C=O) groups is 2. The van der Waals surface area contributed by atoms with Crippen LogP contribution in [-0.2, 0) is 14.8 Å². The van der Waals surface area contributed by atoms with Crippen LogP contribution in [0.1, 0.15) is 34.6 Å². The molecule has 1 fully saturated rings. The number of nitrogens with zero attached hydrogens (tertiary/aromatic N) is 1. The lowest BCUT2D eigenvalue weighted by molar-refractivity contribution is -0.0440. The number of hydrogen-bond donors (Lipinski definition) is 2. The average Bonchev–Trinajstić information content (AvgIpc) is 2.74. The molecule has 1 saturated heterocycles. The molecule has 172 valence electrons. The number of sulfonamides is 1. The number of amides is 2. The molecule has 2 aromatic rings. The molecule has 2 aromatic carbocycles. The Labute approximate surface area is 190 Å². The van der Waals surface area contributed by atoms with E-state index in [1.165, 1.54) is 41.7 Å². The molecule has 11 heteroatoms. The van der Waals surface area contributed by atoms with Gasteiger partial charge in [-0.2, -0.15) is 4.31 Å². The quantitative estimate of drug-likeness (QED) is 0.680. The van der Waals surface area contributed by atoms with Crippen molar-refractivity contribution in [3.63, 3.8) is 0 Å². The Morgan fingerprint density at radius 1 is 1.09 bits per heavy atom. The van der Waals surface area contributed by atoms with E-state index >= 15 is 0 Å². The minimum atomic E-state index is -3.98. The molecule has 2 amide bonds. The summed E-state index contributed by atoms with van der Waals surface area (Å²) in [5.41, 5.74) is -0.0291. The first kappa shape index (κ1) is 24.1. The molecule has 2 N–H and O–H groups in total. The number of benzene rings is 2. The van der Waals surface area contributed by atoms with E-state index in [4.69, 9.17) is 16.3 Å². The van der Waals surface area contributed by atoms with E-state index in [1.54, 1.807) is 13.8 Å². The van der Waals surface area contributed by atoms with E-state index in [-0.39, 0.29) is 52.0 Å². The Morgan fingerprint density at radius 2 is 1.75 bits per heavy atom. The van der Waals surface area contributed by atoms with Gasteiger partial charge in [0.15, 0.2) is 0 Å². The van der Waals surface area contributed by atoms with E-state index < -0.39 is 27.7 Å². The van der Waals surface area contributed by atoms with Crippen molar-refractivity contribution in [2.75, 3.05) is 25.5 Å². The molecule has 0 aliphatic carbocycles. The van der Waals surface area contributed by atoms with E-state index in [0.29, 0.717) is 0 Å². The topological polar surface area (TPSA) is 105 Å². The van der Waals surface area contributed by atoms with Crippen LogP contribution in [0.4, 0.5) is 10.1 Å². The first-order valence-corrected chi connectivity index (χ1v) is 11.6. The van der Waals surface area contributed by atoms with Gasteiger partial charge >= 0.3 is 0 Å². The minimum absolute atomic E-state index is 0.0166. The molecule has 32 heavy (non-hydrogen) atoms. The van der Waals surface area contributed by atoms with Gasteiger partial charge in [-0.1, -0.05) is 11.6 Å². The summed E-state index contributed by atoms with van der Waals surface area (Å²) in [5, 5.41) is 4.84. The summed E-state index contributed by atoms with van der Waals surface area (Å²) in [6.45, 7) is 3.88.